The van der Waals surface area contributed by atoms with Crippen molar-refractivity contribution in [3.63, 3.8) is 0 Å². The zero-order valence-electron chi connectivity index (χ0n) is 16.5. The van der Waals surface area contributed by atoms with E-state index in [4.69, 9.17) is 9.84 Å². The van der Waals surface area contributed by atoms with Gasteiger partial charge in [-0.3, -0.25) is 4.79 Å². The average molecular weight is 363 g/mol. The van der Waals surface area contributed by atoms with Crippen LogP contribution < -0.4 is 0 Å². The van der Waals surface area contributed by atoms with Crippen molar-refractivity contribution in [3.05, 3.63) is 35.9 Å². The molecule has 1 N–H and O–H groups in total. The number of esters is 1. The van der Waals surface area contributed by atoms with Gasteiger partial charge in [0.1, 0.15) is 0 Å². The maximum Gasteiger partial charge on any atom is 0.305 e. The van der Waals surface area contributed by atoms with Crippen molar-refractivity contribution in [1.82, 2.24) is 0 Å². The molecule has 0 radical (unpaired) electrons. The quantitative estimate of drug-likeness (QED) is 0.673. The molecule has 0 unspecified atom stereocenters. The Morgan fingerprint density at radius 3 is 1.77 bits per heavy atom. The second-order valence-electron chi connectivity index (χ2n) is 7.17. The first-order valence-corrected chi connectivity index (χ1v) is 10.6. The molecule has 1 aromatic rings. The van der Waals surface area contributed by atoms with Crippen molar-refractivity contribution >= 4 is 5.97 Å². The predicted octanol–water partition coefficient (Wildman–Crippen LogP) is 5.84. The Hall–Kier alpha value is -1.35. The van der Waals surface area contributed by atoms with Crippen LogP contribution in [0.3, 0.4) is 0 Å². The van der Waals surface area contributed by atoms with E-state index in [0.717, 1.165) is 19.3 Å². The van der Waals surface area contributed by atoms with Gasteiger partial charge in [-0.05, 0) is 24.8 Å². The second-order valence-corrected chi connectivity index (χ2v) is 7.17. The minimum absolute atomic E-state index is 0.0112. The molecule has 0 amide bonds. The number of carbonyl (C=O) groups is 1. The van der Waals surface area contributed by atoms with E-state index in [1.54, 1.807) is 0 Å². The number of carbonyl (C=O) groups excluding carboxylic acids is 1. The van der Waals surface area contributed by atoms with Crippen LogP contribution in [0, 0.1) is 0 Å². The molecule has 1 saturated heterocycles. The summed E-state index contributed by atoms with van der Waals surface area (Å²) in [7, 11) is 0. The maximum absolute atomic E-state index is 11.4. The predicted molar refractivity (Wildman–Crippen MR) is 108 cm³/mol. The molecule has 2 rings (SSSR count). The summed E-state index contributed by atoms with van der Waals surface area (Å²) < 4.78 is 5.20. The molecule has 1 fully saturated rings. The van der Waals surface area contributed by atoms with Crippen LogP contribution >= 0.6 is 0 Å². The highest BCUT2D eigenvalue weighted by Crippen LogP contribution is 2.13. The number of cyclic esters (lactones) is 1. The first kappa shape index (κ1) is 22.7. The van der Waals surface area contributed by atoms with Crippen molar-refractivity contribution in [2.75, 3.05) is 13.2 Å². The molecule has 3 nitrogen and oxygen atoms in total. The monoisotopic (exact) mass is 362 g/mol. The number of rotatable bonds is 2. The van der Waals surface area contributed by atoms with Crippen LogP contribution in [0.2, 0.25) is 0 Å². The molecule has 1 aromatic carbocycles. The summed E-state index contributed by atoms with van der Waals surface area (Å²) in [5, 5.41) is 8.52. The number of aliphatic hydroxyl groups is 1. The van der Waals surface area contributed by atoms with Crippen LogP contribution in [0.25, 0.3) is 0 Å². The summed E-state index contributed by atoms with van der Waals surface area (Å²) in [4.78, 5) is 11.4. The topological polar surface area (TPSA) is 46.5 Å². The van der Waals surface area contributed by atoms with E-state index in [1.807, 2.05) is 30.3 Å². The zero-order valence-corrected chi connectivity index (χ0v) is 16.5. The number of benzene rings is 1. The van der Waals surface area contributed by atoms with Crippen molar-refractivity contribution in [1.29, 1.82) is 0 Å². The molecule has 0 aromatic heterocycles. The smallest absolute Gasteiger partial charge is 0.305 e. The van der Waals surface area contributed by atoms with Gasteiger partial charge in [-0.2, -0.15) is 0 Å². The zero-order chi connectivity index (χ0) is 18.7. The molecule has 0 atom stereocenters. The van der Waals surface area contributed by atoms with Crippen molar-refractivity contribution in [3.8, 4) is 0 Å². The lowest BCUT2D eigenvalue weighted by Gasteiger charge is -2.06. The number of hydrogen-bond acceptors (Lipinski definition) is 3. The Labute approximate surface area is 160 Å². The van der Waals surface area contributed by atoms with E-state index in [2.05, 4.69) is 0 Å². The summed E-state index contributed by atoms with van der Waals surface area (Å²) in [5.74, 6) is 0.0112. The molecule has 1 heterocycles. The number of hydrogen-bond donors (Lipinski definition) is 1. The molecule has 26 heavy (non-hydrogen) atoms. The van der Waals surface area contributed by atoms with Gasteiger partial charge in [-0.15, -0.1) is 0 Å². The van der Waals surface area contributed by atoms with Gasteiger partial charge < -0.3 is 9.84 Å². The molecule has 0 aliphatic carbocycles. The normalized spacial score (nSPS) is 18.3. The average Bonchev–Trinajstić information content (AvgIpc) is 2.65. The molecular weight excluding hydrogens is 324 g/mol. The summed E-state index contributed by atoms with van der Waals surface area (Å²) in [6.45, 7) is 0.878. The second kappa shape index (κ2) is 17.1. The lowest BCUT2D eigenvalue weighted by molar-refractivity contribution is -0.143. The van der Waals surface area contributed by atoms with Crippen LogP contribution in [0.5, 0.6) is 0 Å². The van der Waals surface area contributed by atoms with Gasteiger partial charge in [-0.1, -0.05) is 94.5 Å². The van der Waals surface area contributed by atoms with Crippen LogP contribution in [-0.4, -0.2) is 24.3 Å². The van der Waals surface area contributed by atoms with Crippen LogP contribution in [0.1, 0.15) is 89.0 Å². The molecule has 3 heteroatoms. The largest absolute Gasteiger partial charge is 0.466 e. The molecule has 0 saturated carbocycles. The van der Waals surface area contributed by atoms with Crippen LogP contribution in [-0.2, 0) is 16.0 Å². The highest BCUT2D eigenvalue weighted by atomic mass is 16.5. The Bertz CT molecular complexity index is 412. The fraction of sp³-hybridized carbons (Fsp3) is 0.696. The van der Waals surface area contributed by atoms with Crippen molar-refractivity contribution in [2.45, 2.75) is 89.9 Å². The standard InChI is InChI=1S/C15H28O2.C8H10O/c16-15-13-11-9-7-5-3-1-2-4-6-8-10-12-14-17-15;9-7-6-8-4-2-1-3-5-8/h1-14H2;1-5,9H,6-7H2. The van der Waals surface area contributed by atoms with Gasteiger partial charge in [0.25, 0.3) is 0 Å². The Morgan fingerprint density at radius 2 is 1.23 bits per heavy atom. The summed E-state index contributed by atoms with van der Waals surface area (Å²) in [6, 6.07) is 9.95. The molecule has 0 bridgehead atoms. The SMILES string of the molecule is O=C1CCCCCCCCCCCCCCO1.OCCc1ccccc1. The summed E-state index contributed by atoms with van der Waals surface area (Å²) in [6.07, 6.45) is 16.7. The Morgan fingerprint density at radius 1 is 0.731 bits per heavy atom. The van der Waals surface area contributed by atoms with E-state index < -0.39 is 0 Å². The highest BCUT2D eigenvalue weighted by Gasteiger charge is 2.03. The number of aliphatic hydroxyl groups excluding tert-OH is 1. The fourth-order valence-corrected chi connectivity index (χ4v) is 3.17. The molecule has 0 spiro atoms. The van der Waals surface area contributed by atoms with E-state index >= 15 is 0 Å². The van der Waals surface area contributed by atoms with Gasteiger partial charge in [0.2, 0.25) is 0 Å². The van der Waals surface area contributed by atoms with Crippen LogP contribution in [0.15, 0.2) is 30.3 Å². The van der Waals surface area contributed by atoms with Gasteiger partial charge in [0, 0.05) is 13.0 Å². The Balaban J connectivity index is 0.000000314. The van der Waals surface area contributed by atoms with E-state index in [1.165, 1.54) is 69.8 Å². The van der Waals surface area contributed by atoms with Crippen molar-refractivity contribution in [2.24, 2.45) is 0 Å². The number of ether oxygens (including phenoxy) is 1. The van der Waals surface area contributed by atoms with Gasteiger partial charge >= 0.3 is 5.97 Å². The first-order valence-electron chi connectivity index (χ1n) is 10.6. The summed E-state index contributed by atoms with van der Waals surface area (Å²) in [5.41, 5.74) is 1.19. The van der Waals surface area contributed by atoms with Gasteiger partial charge in [0.15, 0.2) is 0 Å². The minimum atomic E-state index is 0.0112. The first-order chi connectivity index (χ1) is 12.8. The van der Waals surface area contributed by atoms with Gasteiger partial charge in [0.05, 0.1) is 6.61 Å². The summed E-state index contributed by atoms with van der Waals surface area (Å²) >= 11 is 0. The van der Waals surface area contributed by atoms with E-state index in [9.17, 15) is 4.79 Å². The fourth-order valence-electron chi connectivity index (χ4n) is 3.17. The molecule has 148 valence electrons. The van der Waals surface area contributed by atoms with Crippen molar-refractivity contribution < 1.29 is 14.6 Å². The molecule has 1 aliphatic rings. The van der Waals surface area contributed by atoms with Crippen LogP contribution in [0.4, 0.5) is 0 Å². The lowest BCUT2D eigenvalue weighted by Crippen LogP contribution is -2.05. The Kier molecular flexibility index (Phi) is 14.9. The van der Waals surface area contributed by atoms with E-state index in [-0.39, 0.29) is 12.6 Å². The third-order valence-corrected chi connectivity index (χ3v) is 4.78. The third-order valence-electron chi connectivity index (χ3n) is 4.78. The lowest BCUT2D eigenvalue weighted by atomic mass is 10.0. The molecule has 1 aliphatic heterocycles. The maximum atomic E-state index is 11.4. The van der Waals surface area contributed by atoms with E-state index in [0.29, 0.717) is 13.0 Å². The molecular formula is C23H38O3. The minimum Gasteiger partial charge on any atom is -0.466 e. The highest BCUT2D eigenvalue weighted by molar-refractivity contribution is 5.69. The third kappa shape index (κ3) is 13.9. The van der Waals surface area contributed by atoms with Gasteiger partial charge in [-0.25, -0.2) is 0 Å².